The second-order valence-corrected chi connectivity index (χ2v) is 6.37. The predicted molar refractivity (Wildman–Crippen MR) is 112 cm³/mol. The Morgan fingerprint density at radius 2 is 2.08 bits per heavy atom. The molecule has 0 saturated carbocycles. The fourth-order valence-electron chi connectivity index (χ4n) is 3.46. The van der Waals surface area contributed by atoms with Crippen molar-refractivity contribution in [2.75, 3.05) is 20.1 Å². The van der Waals surface area contributed by atoms with E-state index in [2.05, 4.69) is 45.0 Å². The molecule has 1 aromatic heterocycles. The summed E-state index contributed by atoms with van der Waals surface area (Å²) in [4.78, 5) is 4.32. The minimum atomic E-state index is 0. The number of aryl methyl sites for hydroxylation is 3. The van der Waals surface area contributed by atoms with Crippen molar-refractivity contribution in [2.45, 2.75) is 39.0 Å². The van der Waals surface area contributed by atoms with Crippen molar-refractivity contribution in [3.63, 3.8) is 0 Å². The van der Waals surface area contributed by atoms with Crippen LogP contribution < -0.4 is 10.6 Å². The number of fused-ring (bicyclic) bond motifs is 1. The van der Waals surface area contributed by atoms with Gasteiger partial charge in [0.25, 0.3) is 0 Å². The molecule has 0 bridgehead atoms. The van der Waals surface area contributed by atoms with Crippen LogP contribution in [0.3, 0.4) is 0 Å². The molecule has 5 nitrogen and oxygen atoms in total. The van der Waals surface area contributed by atoms with Crippen LogP contribution in [0.25, 0.3) is 0 Å². The van der Waals surface area contributed by atoms with Crippen LogP contribution in [0.15, 0.2) is 33.8 Å². The number of guanidine groups is 1. The quantitative estimate of drug-likeness (QED) is 0.414. The van der Waals surface area contributed by atoms with Gasteiger partial charge < -0.3 is 15.2 Å². The minimum absolute atomic E-state index is 0. The number of hydrogen-bond donors (Lipinski definition) is 2. The molecule has 3 rings (SSSR count). The Kier molecular flexibility index (Phi) is 7.28. The molecule has 1 unspecified atom stereocenters. The van der Waals surface area contributed by atoms with Crippen molar-refractivity contribution in [2.24, 2.45) is 4.99 Å². The molecule has 2 aromatic rings. The Balaban J connectivity index is 0.00000225. The highest BCUT2D eigenvalue weighted by molar-refractivity contribution is 14.0. The SMILES string of the molecule is CN=C(NCCc1c(C)noc1C)NCC1CCc2ccccc21.I. The molecule has 0 spiro atoms. The molecule has 1 aromatic carbocycles. The molecule has 0 amide bonds. The molecule has 1 aliphatic carbocycles. The van der Waals surface area contributed by atoms with E-state index in [9.17, 15) is 0 Å². The Bertz CT molecular complexity index is 706. The van der Waals surface area contributed by atoms with Crippen LogP contribution in [0.2, 0.25) is 0 Å². The fraction of sp³-hybridized carbons (Fsp3) is 0.474. The topological polar surface area (TPSA) is 62.5 Å². The van der Waals surface area contributed by atoms with Crippen molar-refractivity contribution in [3.8, 4) is 0 Å². The normalized spacial score (nSPS) is 16.3. The lowest BCUT2D eigenvalue weighted by Gasteiger charge is -2.16. The number of aliphatic imine (C=N–C) groups is 1. The lowest BCUT2D eigenvalue weighted by Crippen LogP contribution is -2.40. The third-order valence-corrected chi connectivity index (χ3v) is 4.85. The maximum atomic E-state index is 5.20. The van der Waals surface area contributed by atoms with Crippen LogP contribution >= 0.6 is 24.0 Å². The summed E-state index contributed by atoms with van der Waals surface area (Å²) in [5, 5.41) is 10.8. The molecule has 0 fully saturated rings. The van der Waals surface area contributed by atoms with Gasteiger partial charge in [-0.05, 0) is 44.2 Å². The first-order chi connectivity index (χ1) is 11.7. The Morgan fingerprint density at radius 1 is 1.28 bits per heavy atom. The van der Waals surface area contributed by atoms with Gasteiger partial charge in [0.15, 0.2) is 5.96 Å². The molecule has 136 valence electrons. The van der Waals surface area contributed by atoms with Gasteiger partial charge in [0.2, 0.25) is 0 Å². The molecule has 6 heteroatoms. The lowest BCUT2D eigenvalue weighted by atomic mass is 10.0. The molecular weight excluding hydrogens is 427 g/mol. The second kappa shape index (κ2) is 9.22. The lowest BCUT2D eigenvalue weighted by molar-refractivity contribution is 0.392. The number of aromatic nitrogens is 1. The van der Waals surface area contributed by atoms with Crippen LogP contribution in [0.5, 0.6) is 0 Å². The summed E-state index contributed by atoms with van der Waals surface area (Å²) in [7, 11) is 1.81. The number of hydrogen-bond acceptors (Lipinski definition) is 3. The zero-order valence-corrected chi connectivity index (χ0v) is 17.5. The third kappa shape index (κ3) is 4.74. The molecule has 1 heterocycles. The van der Waals surface area contributed by atoms with Crippen LogP contribution in [0, 0.1) is 13.8 Å². The molecule has 0 radical (unpaired) electrons. The van der Waals surface area contributed by atoms with Crippen LogP contribution in [0.1, 0.15) is 40.5 Å². The highest BCUT2D eigenvalue weighted by Crippen LogP contribution is 2.32. The van der Waals surface area contributed by atoms with E-state index in [1.54, 1.807) is 0 Å². The first kappa shape index (κ1) is 19.8. The van der Waals surface area contributed by atoms with Crippen molar-refractivity contribution in [1.82, 2.24) is 15.8 Å². The summed E-state index contributed by atoms with van der Waals surface area (Å²) in [6.07, 6.45) is 3.27. The molecule has 1 atom stereocenters. The Morgan fingerprint density at radius 3 is 2.80 bits per heavy atom. The minimum Gasteiger partial charge on any atom is -0.361 e. The number of nitrogens with zero attached hydrogens (tertiary/aromatic N) is 2. The van der Waals surface area contributed by atoms with Gasteiger partial charge in [-0.1, -0.05) is 29.4 Å². The van der Waals surface area contributed by atoms with Crippen molar-refractivity contribution in [1.29, 1.82) is 0 Å². The van der Waals surface area contributed by atoms with E-state index in [4.69, 9.17) is 4.52 Å². The van der Waals surface area contributed by atoms with Gasteiger partial charge in [0.1, 0.15) is 5.76 Å². The number of nitrogens with one attached hydrogen (secondary N) is 2. The van der Waals surface area contributed by atoms with Crippen LogP contribution in [-0.4, -0.2) is 31.3 Å². The summed E-state index contributed by atoms with van der Waals surface area (Å²) in [6, 6.07) is 8.76. The zero-order chi connectivity index (χ0) is 16.9. The maximum absolute atomic E-state index is 5.20. The molecule has 1 aliphatic rings. The average molecular weight is 454 g/mol. The predicted octanol–water partition coefficient (Wildman–Crippen LogP) is 3.35. The summed E-state index contributed by atoms with van der Waals surface area (Å²) < 4.78 is 5.20. The maximum Gasteiger partial charge on any atom is 0.191 e. The van der Waals surface area contributed by atoms with E-state index >= 15 is 0 Å². The van der Waals surface area contributed by atoms with Gasteiger partial charge in [-0.2, -0.15) is 0 Å². The van der Waals surface area contributed by atoms with E-state index in [0.717, 1.165) is 36.9 Å². The average Bonchev–Trinajstić information content (AvgIpc) is 3.15. The standard InChI is InChI=1S/C19H26N4O.HI/c1-13-17(14(2)24-23-13)10-11-21-19(20-3)22-12-16-9-8-15-6-4-5-7-18(15)16;/h4-7,16H,8-12H2,1-3H3,(H2,20,21,22);1H. The highest BCUT2D eigenvalue weighted by Gasteiger charge is 2.21. The van der Waals surface area contributed by atoms with Crippen molar-refractivity contribution >= 4 is 29.9 Å². The summed E-state index contributed by atoms with van der Waals surface area (Å²) in [5.41, 5.74) is 5.13. The van der Waals surface area contributed by atoms with E-state index < -0.39 is 0 Å². The molecule has 0 saturated heterocycles. The molecule has 2 N–H and O–H groups in total. The van der Waals surface area contributed by atoms with E-state index in [1.165, 1.54) is 29.5 Å². The van der Waals surface area contributed by atoms with Gasteiger partial charge in [0.05, 0.1) is 5.69 Å². The summed E-state index contributed by atoms with van der Waals surface area (Å²) in [6.45, 7) is 5.67. The third-order valence-electron chi connectivity index (χ3n) is 4.85. The van der Waals surface area contributed by atoms with Crippen molar-refractivity contribution < 1.29 is 4.52 Å². The van der Waals surface area contributed by atoms with Crippen LogP contribution in [-0.2, 0) is 12.8 Å². The molecule has 0 aliphatic heterocycles. The first-order valence-electron chi connectivity index (χ1n) is 8.63. The highest BCUT2D eigenvalue weighted by atomic mass is 127. The summed E-state index contributed by atoms with van der Waals surface area (Å²) in [5.74, 6) is 2.33. The number of rotatable bonds is 5. The largest absolute Gasteiger partial charge is 0.361 e. The van der Waals surface area contributed by atoms with Crippen molar-refractivity contribution in [3.05, 3.63) is 52.4 Å². The van der Waals surface area contributed by atoms with E-state index in [0.29, 0.717) is 5.92 Å². The second-order valence-electron chi connectivity index (χ2n) is 6.37. The van der Waals surface area contributed by atoms with Gasteiger partial charge in [-0.3, -0.25) is 4.99 Å². The van der Waals surface area contributed by atoms with Gasteiger partial charge in [-0.25, -0.2) is 0 Å². The van der Waals surface area contributed by atoms with E-state index in [-0.39, 0.29) is 24.0 Å². The first-order valence-corrected chi connectivity index (χ1v) is 8.63. The Labute approximate surface area is 166 Å². The molecular formula is C19H27IN4O. The molecule has 25 heavy (non-hydrogen) atoms. The van der Waals surface area contributed by atoms with E-state index in [1.807, 2.05) is 20.9 Å². The van der Waals surface area contributed by atoms with Gasteiger partial charge in [0, 0.05) is 31.6 Å². The summed E-state index contributed by atoms with van der Waals surface area (Å²) >= 11 is 0. The Hall–Kier alpha value is -1.57. The van der Waals surface area contributed by atoms with Crippen LogP contribution in [0.4, 0.5) is 0 Å². The number of benzene rings is 1. The van der Waals surface area contributed by atoms with Gasteiger partial charge in [-0.15, -0.1) is 24.0 Å². The fourth-order valence-corrected chi connectivity index (χ4v) is 3.46. The smallest absolute Gasteiger partial charge is 0.191 e. The monoisotopic (exact) mass is 454 g/mol. The number of halogens is 1. The van der Waals surface area contributed by atoms with Gasteiger partial charge >= 0.3 is 0 Å². The zero-order valence-electron chi connectivity index (χ0n) is 15.1.